The standard InChI is InChI=1S/C18H20N4O4/c1-2-23-8-7-16-20-14(11-25-16)18-21-17(22-26-18)13-5-6-15(19-9-13)24-10-12-3-4-12/h5-6,9,11-12H,2-4,7-8,10H2,1H3. The van der Waals surface area contributed by atoms with Crippen molar-refractivity contribution in [2.75, 3.05) is 19.8 Å². The maximum absolute atomic E-state index is 5.63. The lowest BCUT2D eigenvalue weighted by molar-refractivity contribution is 0.146. The van der Waals surface area contributed by atoms with E-state index in [2.05, 4.69) is 20.1 Å². The third-order valence-corrected chi connectivity index (χ3v) is 4.02. The summed E-state index contributed by atoms with van der Waals surface area (Å²) in [6, 6.07) is 3.68. The van der Waals surface area contributed by atoms with Crippen LogP contribution in [0.3, 0.4) is 0 Å². The molecule has 0 aromatic carbocycles. The highest BCUT2D eigenvalue weighted by atomic mass is 16.5. The third kappa shape index (κ3) is 4.08. The summed E-state index contributed by atoms with van der Waals surface area (Å²) in [5.41, 5.74) is 1.26. The first-order valence-corrected chi connectivity index (χ1v) is 8.77. The van der Waals surface area contributed by atoms with E-state index in [1.54, 1.807) is 6.20 Å². The molecule has 8 heteroatoms. The van der Waals surface area contributed by atoms with Gasteiger partial charge in [-0.2, -0.15) is 4.98 Å². The molecule has 1 saturated carbocycles. The molecule has 0 aliphatic heterocycles. The Morgan fingerprint density at radius 2 is 2.15 bits per heavy atom. The molecule has 0 unspecified atom stereocenters. The average molecular weight is 356 g/mol. The van der Waals surface area contributed by atoms with Crippen molar-refractivity contribution in [2.24, 2.45) is 5.92 Å². The minimum Gasteiger partial charge on any atom is -0.477 e. The summed E-state index contributed by atoms with van der Waals surface area (Å²) in [4.78, 5) is 13.0. The zero-order chi connectivity index (χ0) is 17.8. The van der Waals surface area contributed by atoms with Crippen molar-refractivity contribution in [3.63, 3.8) is 0 Å². The summed E-state index contributed by atoms with van der Waals surface area (Å²) < 4.78 is 21.6. The van der Waals surface area contributed by atoms with Gasteiger partial charge in [0.25, 0.3) is 5.89 Å². The van der Waals surface area contributed by atoms with E-state index >= 15 is 0 Å². The highest BCUT2D eigenvalue weighted by Crippen LogP contribution is 2.29. The van der Waals surface area contributed by atoms with E-state index in [-0.39, 0.29) is 0 Å². The molecule has 0 radical (unpaired) electrons. The average Bonchev–Trinajstić information content (AvgIpc) is 3.17. The molecule has 1 fully saturated rings. The van der Waals surface area contributed by atoms with Crippen LogP contribution in [0.1, 0.15) is 25.7 Å². The van der Waals surface area contributed by atoms with Crippen LogP contribution in [0.2, 0.25) is 0 Å². The minimum atomic E-state index is 0.306. The van der Waals surface area contributed by atoms with E-state index in [9.17, 15) is 0 Å². The van der Waals surface area contributed by atoms with E-state index < -0.39 is 0 Å². The van der Waals surface area contributed by atoms with Gasteiger partial charge in [0.1, 0.15) is 6.26 Å². The Morgan fingerprint density at radius 3 is 2.92 bits per heavy atom. The van der Waals surface area contributed by atoms with Gasteiger partial charge in [0.05, 0.1) is 13.2 Å². The first kappa shape index (κ1) is 16.7. The van der Waals surface area contributed by atoms with Crippen LogP contribution in [0.4, 0.5) is 0 Å². The fourth-order valence-corrected chi connectivity index (χ4v) is 2.36. The summed E-state index contributed by atoms with van der Waals surface area (Å²) in [5.74, 6) is 2.63. The summed E-state index contributed by atoms with van der Waals surface area (Å²) in [7, 11) is 0. The van der Waals surface area contributed by atoms with Crippen molar-refractivity contribution in [2.45, 2.75) is 26.2 Å². The van der Waals surface area contributed by atoms with E-state index in [4.69, 9.17) is 18.4 Å². The van der Waals surface area contributed by atoms with Crippen molar-refractivity contribution >= 4 is 0 Å². The Labute approximate surface area is 150 Å². The molecule has 3 aromatic rings. The molecule has 4 rings (SSSR count). The predicted octanol–water partition coefficient (Wildman–Crippen LogP) is 3.15. The second-order valence-corrected chi connectivity index (χ2v) is 6.14. The molecular formula is C18H20N4O4. The maximum Gasteiger partial charge on any atom is 0.280 e. The second kappa shape index (κ2) is 7.65. The summed E-state index contributed by atoms with van der Waals surface area (Å²) in [6.45, 7) is 3.91. The van der Waals surface area contributed by atoms with Gasteiger partial charge in [0, 0.05) is 30.9 Å². The molecule has 1 aliphatic rings. The zero-order valence-corrected chi connectivity index (χ0v) is 14.6. The van der Waals surface area contributed by atoms with E-state index in [0.717, 1.165) is 12.2 Å². The van der Waals surface area contributed by atoms with Crippen LogP contribution in [-0.2, 0) is 11.2 Å². The number of aromatic nitrogens is 4. The lowest BCUT2D eigenvalue weighted by atomic mass is 10.3. The molecule has 0 spiro atoms. The van der Waals surface area contributed by atoms with Crippen LogP contribution >= 0.6 is 0 Å². The molecule has 0 N–H and O–H groups in total. The quantitative estimate of drug-likeness (QED) is 0.539. The largest absolute Gasteiger partial charge is 0.477 e. The Morgan fingerprint density at radius 1 is 1.23 bits per heavy atom. The van der Waals surface area contributed by atoms with E-state index in [1.807, 2.05) is 19.1 Å². The van der Waals surface area contributed by atoms with Crippen LogP contribution in [-0.4, -0.2) is 39.9 Å². The van der Waals surface area contributed by atoms with Gasteiger partial charge in [-0.15, -0.1) is 0 Å². The molecule has 0 bridgehead atoms. The van der Waals surface area contributed by atoms with E-state index in [0.29, 0.717) is 54.7 Å². The van der Waals surface area contributed by atoms with Crippen LogP contribution < -0.4 is 4.74 Å². The van der Waals surface area contributed by atoms with Crippen molar-refractivity contribution in [3.8, 4) is 28.9 Å². The SMILES string of the molecule is CCOCCc1nc(-c2nc(-c3ccc(OCC4CC4)nc3)no2)co1. The fourth-order valence-electron chi connectivity index (χ4n) is 2.36. The topological polar surface area (TPSA) is 96.3 Å². The van der Waals surface area contributed by atoms with Gasteiger partial charge in [-0.3, -0.25) is 0 Å². The number of hydrogen-bond donors (Lipinski definition) is 0. The summed E-state index contributed by atoms with van der Waals surface area (Å²) >= 11 is 0. The van der Waals surface area contributed by atoms with Gasteiger partial charge in [-0.05, 0) is 31.7 Å². The van der Waals surface area contributed by atoms with Crippen molar-refractivity contribution in [3.05, 3.63) is 30.5 Å². The maximum atomic E-state index is 5.63. The molecule has 3 aromatic heterocycles. The number of pyridine rings is 1. The number of hydrogen-bond acceptors (Lipinski definition) is 8. The summed E-state index contributed by atoms with van der Waals surface area (Å²) in [6.07, 6.45) is 6.28. The van der Waals surface area contributed by atoms with Gasteiger partial charge < -0.3 is 18.4 Å². The van der Waals surface area contributed by atoms with Gasteiger partial charge in [0.2, 0.25) is 11.7 Å². The first-order valence-electron chi connectivity index (χ1n) is 8.77. The predicted molar refractivity (Wildman–Crippen MR) is 91.4 cm³/mol. The third-order valence-electron chi connectivity index (χ3n) is 4.02. The van der Waals surface area contributed by atoms with Crippen molar-refractivity contribution < 1.29 is 18.4 Å². The monoisotopic (exact) mass is 356 g/mol. The van der Waals surface area contributed by atoms with Crippen molar-refractivity contribution in [1.82, 2.24) is 20.1 Å². The Bertz CT molecular complexity index is 839. The van der Waals surface area contributed by atoms with Crippen LogP contribution in [0, 0.1) is 5.92 Å². The molecule has 0 saturated heterocycles. The first-order chi connectivity index (χ1) is 12.8. The molecule has 0 atom stereocenters. The van der Waals surface area contributed by atoms with Gasteiger partial charge in [-0.25, -0.2) is 9.97 Å². The van der Waals surface area contributed by atoms with Gasteiger partial charge >= 0.3 is 0 Å². The van der Waals surface area contributed by atoms with Crippen LogP contribution in [0.25, 0.3) is 23.0 Å². The Balaban J connectivity index is 1.40. The van der Waals surface area contributed by atoms with Crippen LogP contribution in [0.15, 0.2) is 33.5 Å². The number of oxazole rings is 1. The highest BCUT2D eigenvalue weighted by Gasteiger charge is 2.22. The lowest BCUT2D eigenvalue weighted by Gasteiger charge is -2.03. The molecular weight excluding hydrogens is 336 g/mol. The summed E-state index contributed by atoms with van der Waals surface area (Å²) in [5, 5.41) is 3.99. The Hall–Kier alpha value is -2.74. The number of rotatable bonds is 9. The molecule has 136 valence electrons. The van der Waals surface area contributed by atoms with Crippen LogP contribution in [0.5, 0.6) is 5.88 Å². The normalized spacial score (nSPS) is 13.9. The Kier molecular flexibility index (Phi) is 4.92. The second-order valence-electron chi connectivity index (χ2n) is 6.14. The molecule has 3 heterocycles. The molecule has 8 nitrogen and oxygen atoms in total. The minimum absolute atomic E-state index is 0.306. The smallest absolute Gasteiger partial charge is 0.280 e. The fraction of sp³-hybridized carbons (Fsp3) is 0.444. The van der Waals surface area contributed by atoms with Crippen molar-refractivity contribution in [1.29, 1.82) is 0 Å². The molecule has 26 heavy (non-hydrogen) atoms. The van der Waals surface area contributed by atoms with E-state index in [1.165, 1.54) is 19.1 Å². The highest BCUT2D eigenvalue weighted by molar-refractivity contribution is 5.56. The molecule has 1 aliphatic carbocycles. The van der Waals surface area contributed by atoms with Gasteiger partial charge in [-0.1, -0.05) is 5.16 Å². The number of nitrogens with zero attached hydrogens (tertiary/aromatic N) is 4. The lowest BCUT2D eigenvalue weighted by Crippen LogP contribution is -2.00. The number of ether oxygens (including phenoxy) is 2. The van der Waals surface area contributed by atoms with Gasteiger partial charge in [0.15, 0.2) is 11.6 Å². The molecule has 0 amide bonds. The zero-order valence-electron chi connectivity index (χ0n) is 14.6.